The van der Waals surface area contributed by atoms with E-state index in [0.717, 1.165) is 11.1 Å². The van der Waals surface area contributed by atoms with Gasteiger partial charge in [0.25, 0.3) is 0 Å². The average Bonchev–Trinajstić information content (AvgIpc) is 2.97. The lowest BCUT2D eigenvalue weighted by atomic mass is 9.76. The molecule has 2 atom stereocenters. The Kier molecular flexibility index (Phi) is 5.77. The molecule has 7 heteroatoms. The Hall–Kier alpha value is -2.15. The number of allylic oxidation sites excluding steroid dienone is 2. The van der Waals surface area contributed by atoms with Crippen LogP contribution in [0.1, 0.15) is 44.0 Å². The van der Waals surface area contributed by atoms with Gasteiger partial charge in [-0.1, -0.05) is 11.1 Å². The summed E-state index contributed by atoms with van der Waals surface area (Å²) < 4.78 is 4.96. The van der Waals surface area contributed by atoms with Gasteiger partial charge < -0.3 is 15.2 Å². The third-order valence-corrected chi connectivity index (χ3v) is 5.15. The lowest BCUT2D eigenvalue weighted by Crippen LogP contribution is -2.36. The molecule has 0 saturated carbocycles. The van der Waals surface area contributed by atoms with Crippen LogP contribution in [0.4, 0.5) is 5.00 Å². The van der Waals surface area contributed by atoms with Crippen LogP contribution in [0.25, 0.3) is 0 Å². The van der Waals surface area contributed by atoms with Crippen LogP contribution in [-0.2, 0) is 14.3 Å². The van der Waals surface area contributed by atoms with Gasteiger partial charge in [-0.2, -0.15) is 0 Å². The minimum absolute atomic E-state index is 0.245. The number of esters is 1. The monoisotopic (exact) mass is 351 g/mol. The van der Waals surface area contributed by atoms with E-state index in [0.29, 0.717) is 23.4 Å². The molecule has 0 fully saturated rings. The van der Waals surface area contributed by atoms with Crippen molar-refractivity contribution in [1.82, 2.24) is 0 Å². The number of ether oxygens (including phenoxy) is 1. The molecule has 6 nitrogen and oxygen atoms in total. The van der Waals surface area contributed by atoms with Gasteiger partial charge in [0, 0.05) is 0 Å². The molecule has 0 aromatic carbocycles. The fourth-order valence-corrected chi connectivity index (χ4v) is 3.59. The van der Waals surface area contributed by atoms with Gasteiger partial charge in [-0.25, -0.2) is 4.79 Å². The molecule has 1 heterocycles. The number of nitrogens with one attached hydrogen (secondary N) is 1. The van der Waals surface area contributed by atoms with E-state index in [1.165, 1.54) is 11.3 Å². The third kappa shape index (κ3) is 3.84. The molecule has 0 bridgehead atoms. The first kappa shape index (κ1) is 18.2. The number of thiophene rings is 1. The highest BCUT2D eigenvalue weighted by Crippen LogP contribution is 2.35. The van der Waals surface area contributed by atoms with Crippen molar-refractivity contribution in [1.29, 1.82) is 0 Å². The highest BCUT2D eigenvalue weighted by Gasteiger charge is 2.37. The van der Waals surface area contributed by atoms with E-state index in [1.807, 2.05) is 13.8 Å². The number of hydrogen-bond donors (Lipinski definition) is 2. The van der Waals surface area contributed by atoms with Crippen molar-refractivity contribution in [2.24, 2.45) is 11.8 Å². The zero-order valence-corrected chi connectivity index (χ0v) is 14.7. The number of carboxylic acid groups (broad SMARTS) is 1. The van der Waals surface area contributed by atoms with Crippen LogP contribution in [0.15, 0.2) is 22.6 Å². The van der Waals surface area contributed by atoms with Crippen molar-refractivity contribution in [3.05, 3.63) is 28.2 Å². The van der Waals surface area contributed by atoms with Crippen LogP contribution in [0.2, 0.25) is 0 Å². The molecule has 1 aromatic rings. The maximum absolute atomic E-state index is 12.6. The molecule has 0 radical (unpaired) electrons. The molecule has 0 unspecified atom stereocenters. The Morgan fingerprint density at radius 3 is 2.46 bits per heavy atom. The van der Waals surface area contributed by atoms with Gasteiger partial charge in [0.05, 0.1) is 24.0 Å². The summed E-state index contributed by atoms with van der Waals surface area (Å²) in [5.74, 6) is -3.25. The largest absolute Gasteiger partial charge is 0.481 e. The van der Waals surface area contributed by atoms with Gasteiger partial charge in [0.15, 0.2) is 0 Å². The topological polar surface area (TPSA) is 92.7 Å². The molecule has 0 spiro atoms. The smallest absolute Gasteiger partial charge is 0.341 e. The summed E-state index contributed by atoms with van der Waals surface area (Å²) in [4.78, 5) is 36.0. The first-order valence-corrected chi connectivity index (χ1v) is 8.66. The molecule has 24 heavy (non-hydrogen) atoms. The first-order valence-electron chi connectivity index (χ1n) is 7.78. The van der Waals surface area contributed by atoms with E-state index < -0.39 is 23.8 Å². The normalized spacial score (nSPS) is 20.6. The Morgan fingerprint density at radius 2 is 1.88 bits per heavy atom. The molecule has 2 N–H and O–H groups in total. The quantitative estimate of drug-likeness (QED) is 0.627. The molecule has 1 aliphatic rings. The molecule has 0 aliphatic heterocycles. The highest BCUT2D eigenvalue weighted by atomic mass is 32.1. The number of carbonyl (C=O) groups excluding carboxylic acids is 2. The number of aliphatic carboxylic acids is 1. The Bertz CT molecular complexity index is 691. The van der Waals surface area contributed by atoms with Crippen LogP contribution >= 0.6 is 11.3 Å². The predicted molar refractivity (Wildman–Crippen MR) is 91.1 cm³/mol. The van der Waals surface area contributed by atoms with Crippen LogP contribution in [0.3, 0.4) is 0 Å². The molecular weight excluding hydrogens is 330 g/mol. The van der Waals surface area contributed by atoms with Crippen molar-refractivity contribution in [3.63, 3.8) is 0 Å². The number of rotatable bonds is 5. The molecule has 1 amide bonds. The molecule has 1 aromatic heterocycles. The molecule has 2 rings (SSSR count). The van der Waals surface area contributed by atoms with Gasteiger partial charge in [0.2, 0.25) is 5.91 Å². The van der Waals surface area contributed by atoms with Crippen molar-refractivity contribution in [2.45, 2.75) is 33.6 Å². The average molecular weight is 351 g/mol. The van der Waals surface area contributed by atoms with Crippen LogP contribution in [-0.4, -0.2) is 29.6 Å². The summed E-state index contributed by atoms with van der Waals surface area (Å²) >= 11 is 1.21. The van der Waals surface area contributed by atoms with Crippen molar-refractivity contribution >= 4 is 34.2 Å². The molecule has 0 saturated heterocycles. The lowest BCUT2D eigenvalue weighted by Gasteiger charge is -2.29. The van der Waals surface area contributed by atoms with E-state index in [9.17, 15) is 19.5 Å². The van der Waals surface area contributed by atoms with Crippen LogP contribution in [0, 0.1) is 11.8 Å². The maximum Gasteiger partial charge on any atom is 0.341 e. The van der Waals surface area contributed by atoms with Gasteiger partial charge >= 0.3 is 11.9 Å². The van der Waals surface area contributed by atoms with E-state index in [-0.39, 0.29) is 12.5 Å². The first-order chi connectivity index (χ1) is 11.3. The van der Waals surface area contributed by atoms with Gasteiger partial charge in [-0.15, -0.1) is 11.3 Å². The highest BCUT2D eigenvalue weighted by molar-refractivity contribution is 7.14. The van der Waals surface area contributed by atoms with Crippen molar-refractivity contribution in [2.75, 3.05) is 11.9 Å². The second kappa shape index (κ2) is 7.61. The Balaban J connectivity index is 2.19. The number of amides is 1. The summed E-state index contributed by atoms with van der Waals surface area (Å²) in [5, 5.41) is 14.2. The Labute approximate surface area is 144 Å². The number of hydrogen-bond acceptors (Lipinski definition) is 5. The van der Waals surface area contributed by atoms with Crippen molar-refractivity contribution in [3.8, 4) is 0 Å². The second-order valence-corrected chi connectivity index (χ2v) is 6.81. The molecule has 130 valence electrons. The minimum atomic E-state index is -0.973. The summed E-state index contributed by atoms with van der Waals surface area (Å²) in [6, 6.07) is 1.59. The zero-order valence-electron chi connectivity index (χ0n) is 13.9. The van der Waals surface area contributed by atoms with E-state index in [4.69, 9.17) is 4.74 Å². The molecular formula is C17H21NO5S. The zero-order chi connectivity index (χ0) is 17.9. The summed E-state index contributed by atoms with van der Waals surface area (Å²) in [6.45, 7) is 5.77. The maximum atomic E-state index is 12.6. The van der Waals surface area contributed by atoms with Crippen LogP contribution in [0.5, 0.6) is 0 Å². The standard InChI is InChI=1S/C17H21NO5S/c1-4-23-17(22)11-5-6-24-15(11)18-14(19)12-7-9(2)10(3)8-13(12)16(20)21/h5-6,12-13H,4,7-8H2,1-3H3,(H,18,19)(H,20,21)/t12-,13-/m0/s1. The third-order valence-electron chi connectivity index (χ3n) is 4.32. The van der Waals surface area contributed by atoms with E-state index in [2.05, 4.69) is 5.32 Å². The van der Waals surface area contributed by atoms with Gasteiger partial charge in [0.1, 0.15) is 5.00 Å². The number of anilines is 1. The fourth-order valence-electron chi connectivity index (χ4n) is 2.81. The SMILES string of the molecule is CCOC(=O)c1ccsc1NC(=O)[C@H]1CC(C)=C(C)C[C@@H]1C(=O)O. The molecule has 1 aliphatic carbocycles. The number of carboxylic acids is 1. The van der Waals surface area contributed by atoms with E-state index >= 15 is 0 Å². The predicted octanol–water partition coefficient (Wildman–Crippen LogP) is 3.31. The summed E-state index contributed by atoms with van der Waals surface area (Å²) in [5.41, 5.74) is 2.36. The summed E-state index contributed by atoms with van der Waals surface area (Å²) in [7, 11) is 0. The fraction of sp³-hybridized carbons (Fsp3) is 0.471. The van der Waals surface area contributed by atoms with E-state index in [1.54, 1.807) is 18.4 Å². The second-order valence-electron chi connectivity index (χ2n) is 5.89. The van der Waals surface area contributed by atoms with Gasteiger partial charge in [-0.05, 0) is 45.1 Å². The van der Waals surface area contributed by atoms with Crippen molar-refractivity contribution < 1.29 is 24.2 Å². The Morgan fingerprint density at radius 1 is 1.25 bits per heavy atom. The minimum Gasteiger partial charge on any atom is -0.481 e. The number of carbonyl (C=O) groups is 3. The summed E-state index contributed by atoms with van der Waals surface area (Å²) in [6.07, 6.45) is 0.781. The lowest BCUT2D eigenvalue weighted by molar-refractivity contribution is -0.146. The van der Waals surface area contributed by atoms with Gasteiger partial charge in [-0.3, -0.25) is 9.59 Å². The van der Waals surface area contributed by atoms with Crippen LogP contribution < -0.4 is 5.32 Å².